The summed E-state index contributed by atoms with van der Waals surface area (Å²) in [5.41, 5.74) is 4.47. The van der Waals surface area contributed by atoms with Crippen molar-refractivity contribution < 1.29 is 4.74 Å². The topological polar surface area (TPSA) is 9.23 Å². The molecule has 0 radical (unpaired) electrons. The van der Waals surface area contributed by atoms with Gasteiger partial charge >= 0.3 is 0 Å². The monoisotopic (exact) mass is 362 g/mol. The SMILES string of the molecule is C=Cc1cc(-c2ccccc2)c(C=C)cc1OCCC(C)CCCC(C)C. The zero-order chi connectivity index (χ0) is 19.6. The molecule has 1 heteroatoms. The third-order valence-electron chi connectivity index (χ3n) is 5.05. The Bertz CT molecular complexity index is 727. The lowest BCUT2D eigenvalue weighted by Crippen LogP contribution is -2.06. The number of rotatable bonds is 11. The number of benzene rings is 2. The van der Waals surface area contributed by atoms with Gasteiger partial charge < -0.3 is 4.74 Å². The molecule has 27 heavy (non-hydrogen) atoms. The average molecular weight is 363 g/mol. The molecule has 0 saturated heterocycles. The van der Waals surface area contributed by atoms with Crippen molar-refractivity contribution in [1.29, 1.82) is 0 Å². The third kappa shape index (κ3) is 6.43. The van der Waals surface area contributed by atoms with Crippen LogP contribution in [-0.2, 0) is 0 Å². The zero-order valence-electron chi connectivity index (χ0n) is 17.2. The van der Waals surface area contributed by atoms with E-state index < -0.39 is 0 Å². The molecule has 0 aliphatic carbocycles. The van der Waals surface area contributed by atoms with E-state index in [-0.39, 0.29) is 0 Å². The van der Waals surface area contributed by atoms with E-state index in [1.165, 1.54) is 24.8 Å². The van der Waals surface area contributed by atoms with Gasteiger partial charge in [-0.1, -0.05) is 95.7 Å². The lowest BCUT2D eigenvalue weighted by atomic mass is 9.96. The highest BCUT2D eigenvalue weighted by Crippen LogP contribution is 2.32. The minimum Gasteiger partial charge on any atom is -0.493 e. The van der Waals surface area contributed by atoms with Crippen LogP contribution >= 0.6 is 0 Å². The number of hydrogen-bond acceptors (Lipinski definition) is 1. The summed E-state index contributed by atoms with van der Waals surface area (Å²) in [6, 6.07) is 14.6. The molecule has 144 valence electrons. The molecular weight excluding hydrogens is 328 g/mol. The fraction of sp³-hybridized carbons (Fsp3) is 0.385. The Morgan fingerprint density at radius 1 is 0.889 bits per heavy atom. The highest BCUT2D eigenvalue weighted by atomic mass is 16.5. The molecule has 0 amide bonds. The van der Waals surface area contributed by atoms with Crippen molar-refractivity contribution in [3.05, 3.63) is 66.7 Å². The Morgan fingerprint density at radius 2 is 1.59 bits per heavy atom. The van der Waals surface area contributed by atoms with Crippen molar-refractivity contribution in [2.45, 2.75) is 46.5 Å². The van der Waals surface area contributed by atoms with E-state index in [1.807, 2.05) is 18.2 Å². The van der Waals surface area contributed by atoms with Crippen LogP contribution in [0.2, 0.25) is 0 Å². The summed E-state index contributed by atoms with van der Waals surface area (Å²) in [6.07, 6.45) is 8.76. The third-order valence-corrected chi connectivity index (χ3v) is 5.05. The van der Waals surface area contributed by atoms with E-state index in [0.29, 0.717) is 5.92 Å². The van der Waals surface area contributed by atoms with Crippen molar-refractivity contribution in [2.75, 3.05) is 6.61 Å². The van der Waals surface area contributed by atoms with E-state index in [0.717, 1.165) is 41.4 Å². The molecule has 0 aliphatic rings. The maximum absolute atomic E-state index is 6.14. The Labute approximate surface area is 165 Å². The summed E-state index contributed by atoms with van der Waals surface area (Å²) in [4.78, 5) is 0. The summed E-state index contributed by atoms with van der Waals surface area (Å²) >= 11 is 0. The van der Waals surface area contributed by atoms with E-state index >= 15 is 0 Å². The summed E-state index contributed by atoms with van der Waals surface area (Å²) < 4.78 is 6.14. The van der Waals surface area contributed by atoms with Gasteiger partial charge in [-0.25, -0.2) is 0 Å². The second-order valence-corrected chi connectivity index (χ2v) is 7.82. The maximum Gasteiger partial charge on any atom is 0.127 e. The fourth-order valence-corrected chi connectivity index (χ4v) is 3.32. The Balaban J connectivity index is 2.04. The molecule has 0 spiro atoms. The molecule has 2 aromatic rings. The normalized spacial score (nSPS) is 12.0. The summed E-state index contributed by atoms with van der Waals surface area (Å²) in [7, 11) is 0. The van der Waals surface area contributed by atoms with Gasteiger partial charge in [-0.2, -0.15) is 0 Å². The largest absolute Gasteiger partial charge is 0.493 e. The smallest absolute Gasteiger partial charge is 0.127 e. The quantitative estimate of drug-likeness (QED) is 0.395. The highest BCUT2D eigenvalue weighted by Gasteiger charge is 2.10. The molecule has 0 saturated carbocycles. The second-order valence-electron chi connectivity index (χ2n) is 7.82. The van der Waals surface area contributed by atoms with Crippen LogP contribution in [0.4, 0.5) is 0 Å². The van der Waals surface area contributed by atoms with Crippen LogP contribution < -0.4 is 4.74 Å². The molecule has 0 bridgehead atoms. The van der Waals surface area contributed by atoms with Crippen LogP contribution in [0.5, 0.6) is 5.75 Å². The van der Waals surface area contributed by atoms with Crippen molar-refractivity contribution in [3.63, 3.8) is 0 Å². The first kappa shape index (κ1) is 21.0. The molecular formula is C26H34O. The first-order valence-electron chi connectivity index (χ1n) is 10.2. The van der Waals surface area contributed by atoms with Crippen LogP contribution in [0.1, 0.15) is 57.6 Å². The molecule has 0 heterocycles. The number of ether oxygens (including phenoxy) is 1. The molecule has 1 unspecified atom stereocenters. The summed E-state index contributed by atoms with van der Waals surface area (Å²) in [6.45, 7) is 15.6. The van der Waals surface area contributed by atoms with E-state index in [2.05, 4.69) is 70.3 Å². The summed E-state index contributed by atoms with van der Waals surface area (Å²) in [5.74, 6) is 2.39. The molecule has 0 aromatic heterocycles. The lowest BCUT2D eigenvalue weighted by Gasteiger charge is -2.16. The zero-order valence-corrected chi connectivity index (χ0v) is 17.2. The predicted octanol–water partition coefficient (Wildman–Crippen LogP) is 7.87. The summed E-state index contributed by atoms with van der Waals surface area (Å²) in [5, 5.41) is 0. The Hall–Kier alpha value is -2.28. The maximum atomic E-state index is 6.14. The number of hydrogen-bond donors (Lipinski definition) is 0. The fourth-order valence-electron chi connectivity index (χ4n) is 3.32. The molecule has 0 fully saturated rings. The molecule has 0 aliphatic heterocycles. The molecule has 2 aromatic carbocycles. The van der Waals surface area contributed by atoms with Gasteiger partial charge in [-0.15, -0.1) is 0 Å². The van der Waals surface area contributed by atoms with Crippen molar-refractivity contribution in [2.24, 2.45) is 11.8 Å². The van der Waals surface area contributed by atoms with Crippen LogP contribution in [0.25, 0.3) is 23.3 Å². The van der Waals surface area contributed by atoms with E-state index in [1.54, 1.807) is 0 Å². The van der Waals surface area contributed by atoms with Crippen LogP contribution in [0.15, 0.2) is 55.6 Å². The second kappa shape index (κ2) is 10.8. The predicted molar refractivity (Wildman–Crippen MR) is 120 cm³/mol. The first-order chi connectivity index (χ1) is 13.0. The van der Waals surface area contributed by atoms with Gasteiger partial charge in [-0.05, 0) is 47.1 Å². The van der Waals surface area contributed by atoms with Gasteiger partial charge in [0.2, 0.25) is 0 Å². The average Bonchev–Trinajstić information content (AvgIpc) is 2.67. The molecule has 0 N–H and O–H groups in total. The first-order valence-corrected chi connectivity index (χ1v) is 10.2. The highest BCUT2D eigenvalue weighted by molar-refractivity contribution is 5.79. The minimum atomic E-state index is 0.693. The van der Waals surface area contributed by atoms with Crippen molar-refractivity contribution >= 4 is 12.2 Å². The Morgan fingerprint density at radius 3 is 2.22 bits per heavy atom. The molecule has 1 atom stereocenters. The lowest BCUT2D eigenvalue weighted by molar-refractivity contribution is 0.275. The van der Waals surface area contributed by atoms with Gasteiger partial charge in [0.05, 0.1) is 6.61 Å². The van der Waals surface area contributed by atoms with Crippen molar-refractivity contribution in [3.8, 4) is 16.9 Å². The van der Waals surface area contributed by atoms with Crippen LogP contribution in [0.3, 0.4) is 0 Å². The van der Waals surface area contributed by atoms with Gasteiger partial charge in [0, 0.05) is 5.56 Å². The molecule has 2 rings (SSSR count). The van der Waals surface area contributed by atoms with Gasteiger partial charge in [0.15, 0.2) is 0 Å². The van der Waals surface area contributed by atoms with Gasteiger partial charge in [-0.3, -0.25) is 0 Å². The molecule has 1 nitrogen and oxygen atoms in total. The van der Waals surface area contributed by atoms with E-state index in [9.17, 15) is 0 Å². The van der Waals surface area contributed by atoms with E-state index in [4.69, 9.17) is 4.74 Å². The van der Waals surface area contributed by atoms with Gasteiger partial charge in [0.25, 0.3) is 0 Å². The van der Waals surface area contributed by atoms with Crippen molar-refractivity contribution in [1.82, 2.24) is 0 Å². The van der Waals surface area contributed by atoms with Gasteiger partial charge in [0.1, 0.15) is 5.75 Å². The standard InChI is InChI=1S/C26H34O/c1-6-22-19-26(27-17-16-21(5)13-11-12-20(3)4)23(7-2)18-25(22)24-14-9-8-10-15-24/h6-10,14-15,18-21H,1-2,11-13,16-17H2,3-5H3. The Kier molecular flexibility index (Phi) is 8.39. The van der Waals surface area contributed by atoms with Crippen LogP contribution in [0, 0.1) is 11.8 Å². The van der Waals surface area contributed by atoms with Crippen LogP contribution in [-0.4, -0.2) is 6.61 Å². The minimum absolute atomic E-state index is 0.693.